The van der Waals surface area contributed by atoms with Gasteiger partial charge in [-0.25, -0.2) is 0 Å². The van der Waals surface area contributed by atoms with Crippen LogP contribution < -0.4 is 5.32 Å². The van der Waals surface area contributed by atoms with Crippen LogP contribution in [0.2, 0.25) is 0 Å². The van der Waals surface area contributed by atoms with Crippen molar-refractivity contribution in [2.45, 2.75) is 13.0 Å². The first-order chi connectivity index (χ1) is 12.0. The van der Waals surface area contributed by atoms with Crippen molar-refractivity contribution in [3.8, 4) is 0 Å². The summed E-state index contributed by atoms with van der Waals surface area (Å²) < 4.78 is 0. The lowest BCUT2D eigenvalue weighted by molar-refractivity contribution is -0.393. The van der Waals surface area contributed by atoms with Crippen LogP contribution in [0.1, 0.15) is 18.5 Å². The molecular weight excluding hydrogens is 322 g/mol. The standard InChI is InChI=1S/C18H15N3O4/c1-12(15-8-4-6-13-5-2-3-7-16(13)15)19-17-10-9-14(20(22)23)11-18(17)21(24)25/h2-12,19H,1H3. The van der Waals surface area contributed by atoms with Crippen molar-refractivity contribution in [1.29, 1.82) is 0 Å². The third-order valence-electron chi connectivity index (χ3n) is 4.05. The molecule has 7 heteroatoms. The van der Waals surface area contributed by atoms with Gasteiger partial charge in [0, 0.05) is 12.1 Å². The Balaban J connectivity index is 1.99. The largest absolute Gasteiger partial charge is 0.373 e. The predicted molar refractivity (Wildman–Crippen MR) is 95.7 cm³/mol. The zero-order chi connectivity index (χ0) is 18.0. The van der Waals surface area contributed by atoms with Gasteiger partial charge in [0.15, 0.2) is 0 Å². The van der Waals surface area contributed by atoms with E-state index < -0.39 is 9.85 Å². The van der Waals surface area contributed by atoms with Crippen molar-refractivity contribution in [3.63, 3.8) is 0 Å². The first kappa shape index (κ1) is 16.4. The second-order valence-electron chi connectivity index (χ2n) is 5.65. The lowest BCUT2D eigenvalue weighted by Crippen LogP contribution is -2.09. The van der Waals surface area contributed by atoms with Gasteiger partial charge in [0.2, 0.25) is 0 Å². The van der Waals surface area contributed by atoms with Gasteiger partial charge in [0.25, 0.3) is 11.4 Å². The highest BCUT2D eigenvalue weighted by Gasteiger charge is 2.21. The quantitative estimate of drug-likeness (QED) is 0.531. The Morgan fingerprint density at radius 3 is 2.36 bits per heavy atom. The Morgan fingerprint density at radius 2 is 1.64 bits per heavy atom. The van der Waals surface area contributed by atoms with Crippen LogP contribution in [-0.4, -0.2) is 9.85 Å². The molecule has 0 aliphatic carbocycles. The Labute approximate surface area is 143 Å². The summed E-state index contributed by atoms with van der Waals surface area (Å²) >= 11 is 0. The lowest BCUT2D eigenvalue weighted by Gasteiger charge is -2.17. The first-order valence-corrected chi connectivity index (χ1v) is 7.64. The van der Waals surface area contributed by atoms with Crippen molar-refractivity contribution < 1.29 is 9.85 Å². The summed E-state index contributed by atoms with van der Waals surface area (Å²) in [6, 6.07) is 17.1. The molecule has 126 valence electrons. The van der Waals surface area contributed by atoms with Gasteiger partial charge in [-0.2, -0.15) is 0 Å². The van der Waals surface area contributed by atoms with Crippen molar-refractivity contribution in [2.75, 3.05) is 5.32 Å². The number of rotatable bonds is 5. The van der Waals surface area contributed by atoms with E-state index in [0.29, 0.717) is 0 Å². The number of hydrogen-bond donors (Lipinski definition) is 1. The summed E-state index contributed by atoms with van der Waals surface area (Å²) in [5.74, 6) is 0. The molecule has 1 unspecified atom stereocenters. The first-order valence-electron chi connectivity index (χ1n) is 7.64. The van der Waals surface area contributed by atoms with E-state index in [1.54, 1.807) is 0 Å². The zero-order valence-electron chi connectivity index (χ0n) is 13.4. The molecule has 0 fully saturated rings. The van der Waals surface area contributed by atoms with Crippen LogP contribution in [0.5, 0.6) is 0 Å². The molecule has 0 bridgehead atoms. The summed E-state index contributed by atoms with van der Waals surface area (Å²) in [7, 11) is 0. The van der Waals surface area contributed by atoms with Crippen LogP contribution >= 0.6 is 0 Å². The predicted octanol–water partition coefficient (Wildman–Crippen LogP) is 4.83. The number of benzene rings is 3. The van der Waals surface area contributed by atoms with Crippen molar-refractivity contribution >= 4 is 27.8 Å². The van der Waals surface area contributed by atoms with Gasteiger partial charge in [-0.15, -0.1) is 0 Å². The van der Waals surface area contributed by atoms with Crippen molar-refractivity contribution in [3.05, 3.63) is 86.5 Å². The lowest BCUT2D eigenvalue weighted by atomic mass is 9.99. The Bertz CT molecular complexity index is 966. The molecule has 1 atom stereocenters. The van der Waals surface area contributed by atoms with Gasteiger partial charge in [-0.05, 0) is 29.3 Å². The van der Waals surface area contributed by atoms with Gasteiger partial charge in [-0.1, -0.05) is 42.5 Å². The van der Waals surface area contributed by atoms with E-state index in [1.165, 1.54) is 12.1 Å². The molecule has 0 aliphatic heterocycles. The maximum atomic E-state index is 11.3. The molecule has 3 aromatic rings. The molecule has 0 spiro atoms. The number of nitrogens with zero attached hydrogens (tertiary/aromatic N) is 2. The minimum absolute atomic E-state index is 0.216. The maximum absolute atomic E-state index is 11.3. The molecule has 0 aliphatic rings. The van der Waals surface area contributed by atoms with E-state index in [4.69, 9.17) is 0 Å². The van der Waals surface area contributed by atoms with E-state index in [2.05, 4.69) is 5.32 Å². The van der Waals surface area contributed by atoms with Crippen molar-refractivity contribution in [2.24, 2.45) is 0 Å². The fraction of sp³-hybridized carbons (Fsp3) is 0.111. The molecule has 1 N–H and O–H groups in total. The molecule has 7 nitrogen and oxygen atoms in total. The average molecular weight is 337 g/mol. The molecule has 3 aromatic carbocycles. The highest BCUT2D eigenvalue weighted by molar-refractivity contribution is 5.86. The normalized spacial score (nSPS) is 11.9. The second kappa shape index (κ2) is 6.56. The Kier molecular flexibility index (Phi) is 4.30. The summed E-state index contributed by atoms with van der Waals surface area (Å²) in [5.41, 5.74) is 0.609. The third-order valence-corrected chi connectivity index (χ3v) is 4.05. The molecule has 3 rings (SSSR count). The van der Waals surface area contributed by atoms with Crippen LogP contribution in [0.15, 0.2) is 60.7 Å². The van der Waals surface area contributed by atoms with Crippen LogP contribution in [0.4, 0.5) is 17.1 Å². The van der Waals surface area contributed by atoms with Gasteiger partial charge >= 0.3 is 0 Å². The third kappa shape index (κ3) is 3.25. The number of nitrogens with one attached hydrogen (secondary N) is 1. The number of anilines is 1. The van der Waals surface area contributed by atoms with Gasteiger partial charge in [0.1, 0.15) is 5.69 Å². The van der Waals surface area contributed by atoms with E-state index >= 15 is 0 Å². The average Bonchev–Trinajstić information content (AvgIpc) is 2.61. The molecule has 0 heterocycles. The summed E-state index contributed by atoms with van der Waals surface area (Å²) in [6.45, 7) is 1.90. The maximum Gasteiger partial charge on any atom is 0.299 e. The molecule has 0 radical (unpaired) electrons. The highest BCUT2D eigenvalue weighted by atomic mass is 16.6. The zero-order valence-corrected chi connectivity index (χ0v) is 13.4. The molecule has 0 saturated heterocycles. The summed E-state index contributed by atoms with van der Waals surface area (Å²) in [4.78, 5) is 20.8. The monoisotopic (exact) mass is 337 g/mol. The minimum Gasteiger partial charge on any atom is -0.373 e. The van der Waals surface area contributed by atoms with E-state index in [0.717, 1.165) is 22.4 Å². The molecular formula is C18H15N3O4. The van der Waals surface area contributed by atoms with Crippen LogP contribution in [-0.2, 0) is 0 Å². The van der Waals surface area contributed by atoms with Crippen LogP contribution in [0.3, 0.4) is 0 Å². The Hall–Kier alpha value is -3.48. The molecule has 0 amide bonds. The Morgan fingerprint density at radius 1 is 0.920 bits per heavy atom. The SMILES string of the molecule is CC(Nc1ccc([N+](=O)[O-])cc1[N+](=O)[O-])c1cccc2ccccc12. The number of hydrogen-bond acceptors (Lipinski definition) is 5. The number of fused-ring (bicyclic) bond motifs is 1. The van der Waals surface area contributed by atoms with Crippen molar-refractivity contribution in [1.82, 2.24) is 0 Å². The van der Waals surface area contributed by atoms with E-state index in [-0.39, 0.29) is 23.1 Å². The molecule has 0 saturated carbocycles. The van der Waals surface area contributed by atoms with Crippen LogP contribution in [0.25, 0.3) is 10.8 Å². The molecule has 25 heavy (non-hydrogen) atoms. The minimum atomic E-state index is -0.648. The van der Waals surface area contributed by atoms with Gasteiger partial charge in [-0.3, -0.25) is 20.2 Å². The van der Waals surface area contributed by atoms with Gasteiger partial charge in [0.05, 0.1) is 15.9 Å². The fourth-order valence-corrected chi connectivity index (χ4v) is 2.85. The summed E-state index contributed by atoms with van der Waals surface area (Å²) in [6.07, 6.45) is 0. The van der Waals surface area contributed by atoms with E-state index in [1.807, 2.05) is 49.4 Å². The number of nitro benzene ring substituents is 2. The van der Waals surface area contributed by atoms with E-state index in [9.17, 15) is 20.2 Å². The molecule has 0 aromatic heterocycles. The fourth-order valence-electron chi connectivity index (χ4n) is 2.85. The smallest absolute Gasteiger partial charge is 0.299 e. The summed E-state index contributed by atoms with van der Waals surface area (Å²) in [5, 5.41) is 27.3. The van der Waals surface area contributed by atoms with Gasteiger partial charge < -0.3 is 5.32 Å². The number of non-ortho nitro benzene ring substituents is 1. The number of nitro groups is 2. The highest BCUT2D eigenvalue weighted by Crippen LogP contribution is 2.33. The second-order valence-corrected chi connectivity index (χ2v) is 5.65. The topological polar surface area (TPSA) is 98.3 Å². The van der Waals surface area contributed by atoms with Crippen LogP contribution in [0, 0.1) is 20.2 Å².